The van der Waals surface area contributed by atoms with Crippen molar-refractivity contribution in [2.75, 3.05) is 39.3 Å². The van der Waals surface area contributed by atoms with E-state index in [1.54, 1.807) is 0 Å². The molecule has 0 aromatic rings. The van der Waals surface area contributed by atoms with E-state index in [0.717, 1.165) is 58.4 Å². The minimum absolute atomic E-state index is 0.564. The number of nitrogens with one attached hydrogen (secondary N) is 3. The van der Waals surface area contributed by atoms with Crippen molar-refractivity contribution < 1.29 is 13.0 Å². The molecule has 0 spiro atoms. The molecule has 0 aliphatic rings. The first kappa shape index (κ1) is 19.8. The summed E-state index contributed by atoms with van der Waals surface area (Å²) in [5.41, 5.74) is 5.39. The Kier molecular flexibility index (Phi) is 12.3. The van der Waals surface area contributed by atoms with E-state index in [4.69, 9.17) is 10.3 Å². The molecule has 0 aliphatic heterocycles. The minimum atomic E-state index is -3.96. The van der Waals surface area contributed by atoms with E-state index in [2.05, 4.69) is 16.0 Å². The lowest BCUT2D eigenvalue weighted by atomic mass is 10.3. The fraction of sp³-hybridized carbons (Fsp3) is 1.00. The highest BCUT2D eigenvalue weighted by Gasteiger charge is 2.15. The first-order valence-electron chi connectivity index (χ1n) is 7.29. The average molecular weight is 310 g/mol. The smallest absolute Gasteiger partial charge is 0.280 e. The van der Waals surface area contributed by atoms with Gasteiger partial charge in [0.15, 0.2) is 0 Å². The molecule has 6 N–H and O–H groups in total. The molecule has 0 rings (SSSR count). The van der Waals surface area contributed by atoms with Gasteiger partial charge in [0.05, 0.1) is 0 Å². The minimum Gasteiger partial charge on any atom is -0.330 e. The SMILES string of the molecule is CC(NCCCNCCCCNCCCN)S(=O)(=O)O. The van der Waals surface area contributed by atoms with Crippen molar-refractivity contribution >= 4 is 10.1 Å². The van der Waals surface area contributed by atoms with Gasteiger partial charge >= 0.3 is 0 Å². The zero-order valence-electron chi connectivity index (χ0n) is 12.4. The van der Waals surface area contributed by atoms with Crippen LogP contribution in [0.1, 0.15) is 32.6 Å². The van der Waals surface area contributed by atoms with Crippen LogP contribution in [0.25, 0.3) is 0 Å². The molecule has 8 heteroatoms. The van der Waals surface area contributed by atoms with Crippen LogP contribution in [0.5, 0.6) is 0 Å². The third-order valence-electron chi connectivity index (χ3n) is 2.92. The quantitative estimate of drug-likeness (QED) is 0.217. The van der Waals surface area contributed by atoms with Crippen molar-refractivity contribution in [2.24, 2.45) is 5.73 Å². The third-order valence-corrected chi connectivity index (χ3v) is 3.98. The molecule has 0 aromatic heterocycles. The zero-order valence-corrected chi connectivity index (χ0v) is 13.2. The number of hydrogen-bond acceptors (Lipinski definition) is 6. The lowest BCUT2D eigenvalue weighted by Crippen LogP contribution is -2.35. The summed E-state index contributed by atoms with van der Waals surface area (Å²) in [4.78, 5) is 0. The maximum atomic E-state index is 10.7. The van der Waals surface area contributed by atoms with Gasteiger partial charge in [0, 0.05) is 0 Å². The van der Waals surface area contributed by atoms with E-state index in [1.165, 1.54) is 6.92 Å². The summed E-state index contributed by atoms with van der Waals surface area (Å²) in [6.45, 7) is 6.54. The van der Waals surface area contributed by atoms with Crippen molar-refractivity contribution in [3.63, 3.8) is 0 Å². The van der Waals surface area contributed by atoms with Gasteiger partial charge in [-0.05, 0) is 71.9 Å². The number of nitrogens with two attached hydrogens (primary N) is 1. The van der Waals surface area contributed by atoms with Crippen LogP contribution in [-0.2, 0) is 10.1 Å². The zero-order chi connectivity index (χ0) is 15.3. The lowest BCUT2D eigenvalue weighted by molar-refractivity contribution is 0.453. The van der Waals surface area contributed by atoms with Crippen LogP contribution in [-0.4, -0.2) is 57.6 Å². The Labute approximate surface area is 122 Å². The Morgan fingerprint density at radius 2 is 1.45 bits per heavy atom. The average Bonchev–Trinajstić information content (AvgIpc) is 2.38. The summed E-state index contributed by atoms with van der Waals surface area (Å²) in [5.74, 6) is 0. The van der Waals surface area contributed by atoms with Crippen LogP contribution >= 0.6 is 0 Å². The second kappa shape index (κ2) is 12.5. The monoisotopic (exact) mass is 310 g/mol. The lowest BCUT2D eigenvalue weighted by Gasteiger charge is -2.10. The van der Waals surface area contributed by atoms with Gasteiger partial charge in [-0.15, -0.1) is 0 Å². The molecule has 0 radical (unpaired) electrons. The second-order valence-corrected chi connectivity index (χ2v) is 6.55. The van der Waals surface area contributed by atoms with Crippen molar-refractivity contribution in [2.45, 2.75) is 38.0 Å². The van der Waals surface area contributed by atoms with Gasteiger partial charge in [-0.1, -0.05) is 0 Å². The van der Waals surface area contributed by atoms with E-state index < -0.39 is 15.5 Å². The standard InChI is InChI=1S/C12H30N4O3S/c1-12(20(17,18)19)16-11-5-10-15-8-3-2-7-14-9-4-6-13/h12,14-16H,2-11,13H2,1H3,(H,17,18,19). The second-order valence-electron chi connectivity index (χ2n) is 4.81. The molecule has 0 aliphatic carbocycles. The first-order valence-corrected chi connectivity index (χ1v) is 8.80. The van der Waals surface area contributed by atoms with E-state index in [0.29, 0.717) is 6.54 Å². The Balaban J connectivity index is 3.18. The van der Waals surface area contributed by atoms with E-state index in [1.807, 2.05) is 0 Å². The van der Waals surface area contributed by atoms with Gasteiger partial charge in [-0.2, -0.15) is 8.42 Å². The maximum Gasteiger partial charge on any atom is 0.280 e. The highest BCUT2D eigenvalue weighted by Crippen LogP contribution is 1.92. The molecule has 1 unspecified atom stereocenters. The maximum absolute atomic E-state index is 10.7. The molecule has 0 saturated carbocycles. The molecule has 0 saturated heterocycles. The number of unbranched alkanes of at least 4 members (excludes halogenated alkanes) is 1. The van der Waals surface area contributed by atoms with Gasteiger partial charge in [0.25, 0.3) is 10.1 Å². The molecule has 0 amide bonds. The summed E-state index contributed by atoms with van der Waals surface area (Å²) in [5, 5.41) is 8.48. The molecule has 0 aromatic carbocycles. The fourth-order valence-corrected chi connectivity index (χ4v) is 1.93. The van der Waals surface area contributed by atoms with Crippen molar-refractivity contribution in [3.05, 3.63) is 0 Å². The predicted octanol–water partition coefficient (Wildman–Crippen LogP) is -0.492. The highest BCUT2D eigenvalue weighted by molar-refractivity contribution is 7.86. The summed E-state index contributed by atoms with van der Waals surface area (Å²) in [6.07, 6.45) is 4.10. The Morgan fingerprint density at radius 1 is 0.950 bits per heavy atom. The normalized spacial score (nSPS) is 13.6. The fourth-order valence-electron chi connectivity index (χ4n) is 1.60. The molecule has 0 bridgehead atoms. The third kappa shape index (κ3) is 12.8. The van der Waals surface area contributed by atoms with Crippen molar-refractivity contribution in [3.8, 4) is 0 Å². The molecule has 0 heterocycles. The number of rotatable bonds is 14. The Bertz CT molecular complexity index is 312. The Hall–Kier alpha value is -0.250. The van der Waals surface area contributed by atoms with Crippen LogP contribution < -0.4 is 21.7 Å². The van der Waals surface area contributed by atoms with Crippen LogP contribution in [0.3, 0.4) is 0 Å². The summed E-state index contributed by atoms with van der Waals surface area (Å²) < 4.78 is 30.2. The summed E-state index contributed by atoms with van der Waals surface area (Å²) >= 11 is 0. The molecule has 122 valence electrons. The molecule has 7 nitrogen and oxygen atoms in total. The van der Waals surface area contributed by atoms with E-state index >= 15 is 0 Å². The summed E-state index contributed by atoms with van der Waals surface area (Å²) in [7, 11) is -3.96. The topological polar surface area (TPSA) is 116 Å². The van der Waals surface area contributed by atoms with Crippen LogP contribution in [0.4, 0.5) is 0 Å². The number of hydrogen-bond donors (Lipinski definition) is 5. The van der Waals surface area contributed by atoms with E-state index in [9.17, 15) is 8.42 Å². The van der Waals surface area contributed by atoms with Crippen molar-refractivity contribution in [1.29, 1.82) is 0 Å². The van der Waals surface area contributed by atoms with Crippen molar-refractivity contribution in [1.82, 2.24) is 16.0 Å². The molecule has 20 heavy (non-hydrogen) atoms. The van der Waals surface area contributed by atoms with Gasteiger partial charge in [-0.3, -0.25) is 9.87 Å². The van der Waals surface area contributed by atoms with Gasteiger partial charge < -0.3 is 16.4 Å². The van der Waals surface area contributed by atoms with Crippen LogP contribution in [0, 0.1) is 0 Å². The van der Waals surface area contributed by atoms with Crippen LogP contribution in [0.15, 0.2) is 0 Å². The van der Waals surface area contributed by atoms with E-state index in [-0.39, 0.29) is 0 Å². The first-order chi connectivity index (χ1) is 9.48. The predicted molar refractivity (Wildman–Crippen MR) is 82.3 cm³/mol. The van der Waals surface area contributed by atoms with Gasteiger partial charge in [-0.25, -0.2) is 0 Å². The molecular weight excluding hydrogens is 280 g/mol. The Morgan fingerprint density at radius 3 is 1.95 bits per heavy atom. The molecule has 1 atom stereocenters. The molecular formula is C12H30N4O3S. The van der Waals surface area contributed by atoms with Gasteiger partial charge in [0.2, 0.25) is 0 Å². The summed E-state index contributed by atoms with van der Waals surface area (Å²) in [6, 6.07) is 0. The van der Waals surface area contributed by atoms with Crippen LogP contribution in [0.2, 0.25) is 0 Å². The highest BCUT2D eigenvalue weighted by atomic mass is 32.2. The largest absolute Gasteiger partial charge is 0.330 e. The van der Waals surface area contributed by atoms with Gasteiger partial charge in [0.1, 0.15) is 5.37 Å². The molecule has 0 fully saturated rings.